The number of hydrogen-bond donors (Lipinski definition) is 3. The number of rotatable bonds is 6. The van der Waals surface area contributed by atoms with Gasteiger partial charge in [0.1, 0.15) is 0 Å². The molecule has 0 saturated heterocycles. The number of anilines is 1. The molecule has 0 saturated carbocycles. The summed E-state index contributed by atoms with van der Waals surface area (Å²) in [5, 5.41) is 12.2. The van der Waals surface area contributed by atoms with E-state index in [2.05, 4.69) is 26.0 Å². The Balaban J connectivity index is 1.62. The molecule has 3 amide bonds. The number of amides is 3. The second-order valence-electron chi connectivity index (χ2n) is 7.00. The lowest BCUT2D eigenvalue weighted by atomic mass is 10.1. The summed E-state index contributed by atoms with van der Waals surface area (Å²) in [5.41, 5.74) is 3.91. The van der Waals surface area contributed by atoms with E-state index in [1.165, 1.54) is 0 Å². The molecular weight excluding hydrogens is 396 g/mol. The average Bonchev–Trinajstić information content (AvgIpc) is 3.02. The first-order valence-electron chi connectivity index (χ1n) is 9.71. The predicted molar refractivity (Wildman–Crippen MR) is 115 cm³/mol. The van der Waals surface area contributed by atoms with Gasteiger partial charge in [0.2, 0.25) is 0 Å². The molecule has 1 aromatic carbocycles. The van der Waals surface area contributed by atoms with Gasteiger partial charge in [-0.2, -0.15) is 5.10 Å². The first kappa shape index (κ1) is 21.7. The summed E-state index contributed by atoms with van der Waals surface area (Å²) in [6.07, 6.45) is 3.31. The SMILES string of the molecule is Cc1nn(C)c(C)c1CNC(=O)C(=O)Nc1ccccc1C(=O)NCc1cccnc1. The molecule has 31 heavy (non-hydrogen) atoms. The Hall–Kier alpha value is -4.01. The maximum Gasteiger partial charge on any atom is 0.313 e. The van der Waals surface area contributed by atoms with E-state index < -0.39 is 11.8 Å². The molecule has 9 heteroatoms. The van der Waals surface area contributed by atoms with Gasteiger partial charge in [-0.05, 0) is 37.6 Å². The molecule has 0 atom stereocenters. The van der Waals surface area contributed by atoms with Gasteiger partial charge in [0, 0.05) is 43.8 Å². The van der Waals surface area contributed by atoms with Crippen LogP contribution in [0.15, 0.2) is 48.8 Å². The van der Waals surface area contributed by atoms with Gasteiger partial charge in [-0.3, -0.25) is 24.0 Å². The van der Waals surface area contributed by atoms with E-state index in [0.717, 1.165) is 22.5 Å². The van der Waals surface area contributed by atoms with E-state index in [-0.39, 0.29) is 23.7 Å². The zero-order valence-electron chi connectivity index (χ0n) is 17.6. The molecule has 3 N–H and O–H groups in total. The van der Waals surface area contributed by atoms with Crippen LogP contribution in [0.3, 0.4) is 0 Å². The number of carbonyl (C=O) groups is 3. The molecule has 0 bridgehead atoms. The molecule has 0 unspecified atom stereocenters. The van der Waals surface area contributed by atoms with Gasteiger partial charge in [0.25, 0.3) is 5.91 Å². The van der Waals surface area contributed by atoms with Crippen LogP contribution in [0.1, 0.15) is 32.9 Å². The fourth-order valence-electron chi connectivity index (χ4n) is 3.07. The minimum absolute atomic E-state index is 0.186. The largest absolute Gasteiger partial charge is 0.348 e. The van der Waals surface area contributed by atoms with Gasteiger partial charge in [-0.25, -0.2) is 0 Å². The third-order valence-corrected chi connectivity index (χ3v) is 4.89. The van der Waals surface area contributed by atoms with Gasteiger partial charge < -0.3 is 16.0 Å². The summed E-state index contributed by atoms with van der Waals surface area (Å²) in [7, 11) is 1.82. The van der Waals surface area contributed by atoms with Crippen molar-refractivity contribution in [3.05, 3.63) is 76.9 Å². The molecule has 9 nitrogen and oxygen atoms in total. The zero-order chi connectivity index (χ0) is 22.4. The van der Waals surface area contributed by atoms with Crippen molar-refractivity contribution in [1.82, 2.24) is 25.4 Å². The zero-order valence-corrected chi connectivity index (χ0v) is 17.6. The molecule has 2 heterocycles. The van der Waals surface area contributed by atoms with Crippen molar-refractivity contribution in [2.45, 2.75) is 26.9 Å². The summed E-state index contributed by atoms with van der Waals surface area (Å²) in [5.74, 6) is -2.03. The number of hydrogen-bond acceptors (Lipinski definition) is 5. The van der Waals surface area contributed by atoms with Gasteiger partial charge in [0.15, 0.2) is 0 Å². The van der Waals surface area contributed by atoms with Crippen molar-refractivity contribution < 1.29 is 14.4 Å². The van der Waals surface area contributed by atoms with E-state index >= 15 is 0 Å². The van der Waals surface area contributed by atoms with Crippen molar-refractivity contribution in [2.75, 3.05) is 5.32 Å². The van der Waals surface area contributed by atoms with Crippen LogP contribution in [0, 0.1) is 13.8 Å². The average molecular weight is 420 g/mol. The molecule has 3 aromatic rings. The number of aromatic nitrogens is 3. The summed E-state index contributed by atoms with van der Waals surface area (Å²) < 4.78 is 1.72. The first-order valence-corrected chi connectivity index (χ1v) is 9.71. The Kier molecular flexibility index (Phi) is 6.76. The van der Waals surface area contributed by atoms with Crippen LogP contribution >= 0.6 is 0 Å². The summed E-state index contributed by atoms with van der Waals surface area (Å²) in [6.45, 7) is 4.21. The molecule has 160 valence electrons. The van der Waals surface area contributed by atoms with Crippen molar-refractivity contribution in [2.24, 2.45) is 7.05 Å². The van der Waals surface area contributed by atoms with Gasteiger partial charge >= 0.3 is 11.8 Å². The number of nitrogens with zero attached hydrogens (tertiary/aromatic N) is 3. The number of benzene rings is 1. The lowest BCUT2D eigenvalue weighted by Gasteiger charge is -2.12. The van der Waals surface area contributed by atoms with Crippen LogP contribution in [0.25, 0.3) is 0 Å². The molecule has 2 aromatic heterocycles. The van der Waals surface area contributed by atoms with Crippen LogP contribution < -0.4 is 16.0 Å². The molecule has 0 aliphatic carbocycles. The Morgan fingerprint density at radius 1 is 0.968 bits per heavy atom. The van der Waals surface area contributed by atoms with Crippen molar-refractivity contribution in [1.29, 1.82) is 0 Å². The molecular formula is C22H24N6O3. The van der Waals surface area contributed by atoms with E-state index in [0.29, 0.717) is 6.54 Å². The molecule has 0 fully saturated rings. The highest BCUT2D eigenvalue weighted by Crippen LogP contribution is 2.15. The maximum atomic E-state index is 12.6. The van der Waals surface area contributed by atoms with E-state index in [1.807, 2.05) is 27.0 Å². The summed E-state index contributed by atoms with van der Waals surface area (Å²) >= 11 is 0. The Bertz CT molecular complexity index is 1110. The molecule has 0 aliphatic rings. The quantitative estimate of drug-likeness (QED) is 0.524. The summed E-state index contributed by atoms with van der Waals surface area (Å²) in [6, 6.07) is 10.1. The molecule has 0 spiro atoms. The minimum atomic E-state index is -0.855. The minimum Gasteiger partial charge on any atom is -0.348 e. The van der Waals surface area contributed by atoms with Gasteiger partial charge in [-0.1, -0.05) is 18.2 Å². The highest BCUT2D eigenvalue weighted by molar-refractivity contribution is 6.40. The first-order chi connectivity index (χ1) is 14.9. The van der Waals surface area contributed by atoms with Gasteiger partial charge in [-0.15, -0.1) is 0 Å². The Morgan fingerprint density at radius 2 is 1.74 bits per heavy atom. The van der Waals surface area contributed by atoms with Crippen LogP contribution in [-0.2, 0) is 29.7 Å². The Labute approximate surface area is 179 Å². The smallest absolute Gasteiger partial charge is 0.313 e. The second-order valence-corrected chi connectivity index (χ2v) is 7.00. The second kappa shape index (κ2) is 9.66. The lowest BCUT2D eigenvalue weighted by molar-refractivity contribution is -0.136. The van der Waals surface area contributed by atoms with Crippen LogP contribution in [0.2, 0.25) is 0 Å². The number of carbonyl (C=O) groups excluding carboxylic acids is 3. The van der Waals surface area contributed by atoms with E-state index in [9.17, 15) is 14.4 Å². The van der Waals surface area contributed by atoms with E-state index in [4.69, 9.17) is 0 Å². The van der Waals surface area contributed by atoms with Crippen LogP contribution in [-0.4, -0.2) is 32.5 Å². The third-order valence-electron chi connectivity index (χ3n) is 4.89. The Morgan fingerprint density at radius 3 is 2.42 bits per heavy atom. The third kappa shape index (κ3) is 5.33. The molecule has 0 aliphatic heterocycles. The number of pyridine rings is 1. The van der Waals surface area contributed by atoms with Crippen molar-refractivity contribution in [3.8, 4) is 0 Å². The number of para-hydroxylation sites is 1. The van der Waals surface area contributed by atoms with Crippen LogP contribution in [0.5, 0.6) is 0 Å². The van der Waals surface area contributed by atoms with Crippen molar-refractivity contribution >= 4 is 23.4 Å². The van der Waals surface area contributed by atoms with E-state index in [1.54, 1.807) is 47.4 Å². The fraction of sp³-hybridized carbons (Fsp3) is 0.227. The highest BCUT2D eigenvalue weighted by atomic mass is 16.2. The fourth-order valence-corrected chi connectivity index (χ4v) is 3.07. The normalized spacial score (nSPS) is 10.4. The maximum absolute atomic E-state index is 12.6. The summed E-state index contributed by atoms with van der Waals surface area (Å²) in [4.78, 5) is 41.3. The van der Waals surface area contributed by atoms with Gasteiger partial charge in [0.05, 0.1) is 16.9 Å². The number of nitrogens with one attached hydrogen (secondary N) is 3. The number of aryl methyl sites for hydroxylation is 2. The van der Waals surface area contributed by atoms with Crippen LogP contribution in [0.4, 0.5) is 5.69 Å². The predicted octanol–water partition coefficient (Wildman–Crippen LogP) is 1.62. The lowest BCUT2D eigenvalue weighted by Crippen LogP contribution is -2.36. The standard InChI is InChI=1S/C22H24N6O3/c1-14-18(15(2)28(3)27-14)13-25-21(30)22(31)26-19-9-5-4-8-17(19)20(29)24-12-16-7-6-10-23-11-16/h4-11H,12-13H2,1-3H3,(H,24,29)(H,25,30)(H,26,31). The highest BCUT2D eigenvalue weighted by Gasteiger charge is 2.19. The topological polar surface area (TPSA) is 118 Å². The molecule has 3 rings (SSSR count). The van der Waals surface area contributed by atoms with Crippen molar-refractivity contribution in [3.63, 3.8) is 0 Å². The molecule has 0 radical (unpaired) electrons. The monoisotopic (exact) mass is 420 g/mol.